The number of aromatic nitrogens is 2. The van der Waals surface area contributed by atoms with Gasteiger partial charge in [0, 0.05) is 18.1 Å². The fraction of sp³-hybridized carbons (Fsp3) is 0.250. The number of hydrogen-bond donors (Lipinski definition) is 0. The van der Waals surface area contributed by atoms with Gasteiger partial charge in [0.1, 0.15) is 6.54 Å². The first-order valence-corrected chi connectivity index (χ1v) is 8.84. The van der Waals surface area contributed by atoms with Gasteiger partial charge in [0.15, 0.2) is 0 Å². The Morgan fingerprint density at radius 3 is 2.73 bits per heavy atom. The Kier molecular flexibility index (Phi) is 5.38. The van der Waals surface area contributed by atoms with Crippen LogP contribution < -0.4 is 5.56 Å². The van der Waals surface area contributed by atoms with Crippen LogP contribution >= 0.6 is 11.6 Å². The van der Waals surface area contributed by atoms with E-state index in [1.165, 1.54) is 10.9 Å². The van der Waals surface area contributed by atoms with Crippen LogP contribution in [0, 0.1) is 6.92 Å². The number of fused-ring (bicyclic) bond motifs is 1. The van der Waals surface area contributed by atoms with E-state index in [2.05, 4.69) is 4.98 Å². The van der Waals surface area contributed by atoms with Crippen molar-refractivity contribution in [2.75, 3.05) is 6.54 Å². The summed E-state index contributed by atoms with van der Waals surface area (Å²) in [6.45, 7) is 4.77. The molecular weight excluding hydrogens is 350 g/mol. The third kappa shape index (κ3) is 3.78. The average Bonchev–Trinajstić information content (AvgIpc) is 2.62. The predicted octanol–water partition coefficient (Wildman–Crippen LogP) is 3.41. The van der Waals surface area contributed by atoms with Gasteiger partial charge in [0.05, 0.1) is 17.2 Å². The molecule has 26 heavy (non-hydrogen) atoms. The number of benzene rings is 2. The Hall–Kier alpha value is -2.66. The standard InChI is InChI=1S/C20H20ClN3O2/c1-3-23(11-15-7-5-8-16(21)10-15)18(25)12-24-13-22-19-14(2)6-4-9-17(19)20(24)26/h4-10,13H,3,11-12H2,1-2H3. The zero-order chi connectivity index (χ0) is 18.7. The second-order valence-electron chi connectivity index (χ2n) is 6.19. The molecule has 1 heterocycles. The number of carbonyl (C=O) groups is 1. The van der Waals surface area contributed by atoms with Crippen LogP contribution in [-0.2, 0) is 17.9 Å². The van der Waals surface area contributed by atoms with E-state index in [4.69, 9.17) is 11.6 Å². The van der Waals surface area contributed by atoms with Crippen LogP contribution in [-0.4, -0.2) is 26.9 Å². The predicted molar refractivity (Wildman–Crippen MR) is 103 cm³/mol. The van der Waals surface area contributed by atoms with E-state index in [0.717, 1.165) is 11.1 Å². The average molecular weight is 370 g/mol. The van der Waals surface area contributed by atoms with Crippen molar-refractivity contribution in [1.29, 1.82) is 0 Å². The summed E-state index contributed by atoms with van der Waals surface area (Å²) in [6.07, 6.45) is 1.45. The lowest BCUT2D eigenvalue weighted by molar-refractivity contribution is -0.132. The van der Waals surface area contributed by atoms with Gasteiger partial charge in [0.2, 0.25) is 5.91 Å². The molecule has 1 amide bonds. The van der Waals surface area contributed by atoms with E-state index in [0.29, 0.717) is 29.0 Å². The molecule has 3 aromatic rings. The van der Waals surface area contributed by atoms with Crippen molar-refractivity contribution in [3.8, 4) is 0 Å². The molecule has 0 atom stereocenters. The third-order valence-corrected chi connectivity index (χ3v) is 4.59. The summed E-state index contributed by atoms with van der Waals surface area (Å²) in [5.74, 6) is -0.136. The van der Waals surface area contributed by atoms with Crippen molar-refractivity contribution in [2.45, 2.75) is 26.9 Å². The van der Waals surface area contributed by atoms with Crippen molar-refractivity contribution in [2.24, 2.45) is 0 Å². The molecule has 5 nitrogen and oxygen atoms in total. The molecular formula is C20H20ClN3O2. The Morgan fingerprint density at radius 2 is 2.00 bits per heavy atom. The van der Waals surface area contributed by atoms with Crippen LogP contribution in [0.25, 0.3) is 10.9 Å². The molecule has 0 saturated heterocycles. The van der Waals surface area contributed by atoms with Crippen molar-refractivity contribution >= 4 is 28.4 Å². The van der Waals surface area contributed by atoms with Gasteiger partial charge in [-0.3, -0.25) is 14.2 Å². The molecule has 0 saturated carbocycles. The van der Waals surface area contributed by atoms with E-state index in [9.17, 15) is 9.59 Å². The van der Waals surface area contributed by atoms with Crippen molar-refractivity contribution in [1.82, 2.24) is 14.5 Å². The summed E-state index contributed by atoms with van der Waals surface area (Å²) >= 11 is 6.01. The lowest BCUT2D eigenvalue weighted by Gasteiger charge is -2.21. The maximum absolute atomic E-state index is 12.7. The summed E-state index contributed by atoms with van der Waals surface area (Å²) in [7, 11) is 0. The normalized spacial score (nSPS) is 10.9. The van der Waals surface area contributed by atoms with Crippen LogP contribution in [0.2, 0.25) is 5.02 Å². The van der Waals surface area contributed by atoms with Crippen LogP contribution in [0.15, 0.2) is 53.6 Å². The summed E-state index contributed by atoms with van der Waals surface area (Å²) in [6, 6.07) is 12.9. The van der Waals surface area contributed by atoms with Gasteiger partial charge in [-0.1, -0.05) is 35.9 Å². The highest BCUT2D eigenvalue weighted by atomic mass is 35.5. The topological polar surface area (TPSA) is 55.2 Å². The number of nitrogens with zero attached hydrogens (tertiary/aromatic N) is 3. The smallest absolute Gasteiger partial charge is 0.261 e. The van der Waals surface area contributed by atoms with Gasteiger partial charge in [-0.25, -0.2) is 4.98 Å². The molecule has 6 heteroatoms. The first-order valence-electron chi connectivity index (χ1n) is 8.46. The number of aryl methyl sites for hydroxylation is 1. The maximum Gasteiger partial charge on any atom is 0.261 e. The van der Waals surface area contributed by atoms with Gasteiger partial charge in [0.25, 0.3) is 5.56 Å². The number of para-hydroxylation sites is 1. The van der Waals surface area contributed by atoms with E-state index in [1.54, 1.807) is 17.0 Å². The minimum atomic E-state index is -0.203. The molecule has 1 aromatic heterocycles. The van der Waals surface area contributed by atoms with Crippen molar-refractivity contribution < 1.29 is 4.79 Å². The zero-order valence-electron chi connectivity index (χ0n) is 14.8. The molecule has 0 aliphatic rings. The van der Waals surface area contributed by atoms with Crippen LogP contribution in [0.5, 0.6) is 0 Å². The van der Waals surface area contributed by atoms with Gasteiger partial charge >= 0.3 is 0 Å². The third-order valence-electron chi connectivity index (χ3n) is 4.36. The minimum absolute atomic E-state index is 0.0376. The molecule has 0 fully saturated rings. The van der Waals surface area contributed by atoms with Crippen LogP contribution in [0.4, 0.5) is 0 Å². The molecule has 0 aliphatic carbocycles. The number of likely N-dealkylation sites (N-methyl/N-ethyl adjacent to an activating group) is 1. The van der Waals surface area contributed by atoms with E-state index < -0.39 is 0 Å². The highest BCUT2D eigenvalue weighted by Gasteiger charge is 2.15. The highest BCUT2D eigenvalue weighted by Crippen LogP contribution is 2.14. The second-order valence-corrected chi connectivity index (χ2v) is 6.62. The minimum Gasteiger partial charge on any atom is -0.337 e. The highest BCUT2D eigenvalue weighted by molar-refractivity contribution is 6.30. The number of halogens is 1. The lowest BCUT2D eigenvalue weighted by Crippen LogP contribution is -2.36. The van der Waals surface area contributed by atoms with Gasteiger partial charge in [-0.2, -0.15) is 0 Å². The molecule has 0 spiro atoms. The molecule has 3 rings (SSSR count). The van der Waals surface area contributed by atoms with Gasteiger partial charge in [-0.05, 0) is 43.2 Å². The maximum atomic E-state index is 12.7. The monoisotopic (exact) mass is 369 g/mol. The Labute approximate surface area is 156 Å². The quantitative estimate of drug-likeness (QED) is 0.692. The summed E-state index contributed by atoms with van der Waals surface area (Å²) in [4.78, 5) is 31.4. The molecule has 0 radical (unpaired) electrons. The number of carbonyl (C=O) groups excluding carboxylic acids is 1. The Balaban J connectivity index is 1.83. The SMILES string of the molecule is CCN(Cc1cccc(Cl)c1)C(=O)Cn1cnc2c(C)cccc2c1=O. The lowest BCUT2D eigenvalue weighted by atomic mass is 10.1. The molecule has 0 aliphatic heterocycles. The second kappa shape index (κ2) is 7.70. The van der Waals surface area contributed by atoms with Crippen LogP contribution in [0.1, 0.15) is 18.1 Å². The number of hydrogen-bond acceptors (Lipinski definition) is 3. The van der Waals surface area contributed by atoms with Crippen LogP contribution in [0.3, 0.4) is 0 Å². The van der Waals surface area contributed by atoms with E-state index in [1.807, 2.05) is 44.2 Å². The first kappa shape index (κ1) is 18.1. The van der Waals surface area contributed by atoms with Gasteiger partial charge in [-0.15, -0.1) is 0 Å². The number of amides is 1. The molecule has 134 valence electrons. The Bertz CT molecular complexity index is 1010. The molecule has 2 aromatic carbocycles. The van der Waals surface area contributed by atoms with Crippen molar-refractivity contribution in [3.63, 3.8) is 0 Å². The van der Waals surface area contributed by atoms with Gasteiger partial charge < -0.3 is 4.90 Å². The fourth-order valence-corrected chi connectivity index (χ4v) is 3.14. The molecule has 0 N–H and O–H groups in total. The largest absolute Gasteiger partial charge is 0.337 e. The van der Waals surface area contributed by atoms with E-state index in [-0.39, 0.29) is 18.0 Å². The fourth-order valence-electron chi connectivity index (χ4n) is 2.93. The Morgan fingerprint density at radius 1 is 1.23 bits per heavy atom. The number of rotatable bonds is 5. The van der Waals surface area contributed by atoms with E-state index >= 15 is 0 Å². The summed E-state index contributed by atoms with van der Waals surface area (Å²) in [5.41, 5.74) is 2.36. The summed E-state index contributed by atoms with van der Waals surface area (Å²) in [5, 5.41) is 1.16. The van der Waals surface area contributed by atoms with Crippen molar-refractivity contribution in [3.05, 3.63) is 75.3 Å². The first-order chi connectivity index (χ1) is 12.5. The summed E-state index contributed by atoms with van der Waals surface area (Å²) < 4.78 is 1.37. The molecule has 0 bridgehead atoms. The zero-order valence-corrected chi connectivity index (χ0v) is 15.5. The molecule has 0 unspecified atom stereocenters.